The zero-order chi connectivity index (χ0) is 7.15. The fourth-order valence-electron chi connectivity index (χ4n) is 0. The second kappa shape index (κ2) is 12.0. The maximum absolute atomic E-state index is 8.74. The molecule has 0 fully saturated rings. The summed E-state index contributed by atoms with van der Waals surface area (Å²) < 4.78 is 17.5. The Balaban J connectivity index is -0.0000000720. The average molecular weight is 276 g/mol. The molecule has 0 aromatic heterocycles. The fraction of sp³-hybridized carbons (Fsp3) is 0. The Morgan fingerprint density at radius 2 is 0.778 bits per heavy atom. The summed E-state index contributed by atoms with van der Waals surface area (Å²) in [6.07, 6.45) is 0. The molecule has 0 bridgehead atoms. The summed E-state index contributed by atoms with van der Waals surface area (Å²) in [6.45, 7) is 0. The van der Waals surface area contributed by atoms with E-state index in [0.29, 0.717) is 0 Å². The van der Waals surface area contributed by atoms with Crippen LogP contribution in [0, 0.1) is 0 Å². The van der Waals surface area contributed by atoms with Crippen LogP contribution in [-0.4, -0.2) is 19.6 Å². The van der Waals surface area contributed by atoms with Gasteiger partial charge in [0.05, 0.1) is 0 Å². The standard InChI is InChI=1S/Cd.2H3O3P/c;2*1-4(2)3/h;2*4H,(H2,1,2,3). The van der Waals surface area contributed by atoms with E-state index in [0.717, 1.165) is 0 Å². The van der Waals surface area contributed by atoms with Gasteiger partial charge in [-0.05, 0) is 0 Å². The van der Waals surface area contributed by atoms with E-state index in [-0.39, 0.29) is 27.3 Å². The fourth-order valence-corrected chi connectivity index (χ4v) is 0. The summed E-state index contributed by atoms with van der Waals surface area (Å²) in [5.41, 5.74) is 0. The van der Waals surface area contributed by atoms with Crippen LogP contribution in [0.1, 0.15) is 0 Å². The van der Waals surface area contributed by atoms with E-state index in [1.54, 1.807) is 0 Å². The summed E-state index contributed by atoms with van der Waals surface area (Å²) in [5.74, 6) is 0. The van der Waals surface area contributed by atoms with Crippen molar-refractivity contribution in [3.05, 3.63) is 0 Å². The van der Waals surface area contributed by atoms with Gasteiger partial charge in [0.2, 0.25) is 0 Å². The van der Waals surface area contributed by atoms with E-state index >= 15 is 0 Å². The molecule has 0 saturated carbocycles. The summed E-state index contributed by atoms with van der Waals surface area (Å²) in [4.78, 5) is 28.6. The predicted molar refractivity (Wildman–Crippen MR) is 26.9 cm³/mol. The molecule has 0 aliphatic rings. The van der Waals surface area contributed by atoms with E-state index < -0.39 is 16.5 Å². The Kier molecular flexibility index (Phi) is 22.1. The predicted octanol–water partition coefficient (Wildman–Crippen LogP) is -1.28. The number of hydrogen-bond acceptors (Lipinski definition) is 2. The summed E-state index contributed by atoms with van der Waals surface area (Å²) >= 11 is 0. The van der Waals surface area contributed by atoms with Gasteiger partial charge in [0, 0.05) is 27.3 Å². The molecule has 0 spiro atoms. The topological polar surface area (TPSA) is 115 Å². The average Bonchev–Trinajstić information content (AvgIpc) is 1.25. The summed E-state index contributed by atoms with van der Waals surface area (Å²) in [6, 6.07) is 0. The molecule has 0 rings (SSSR count). The van der Waals surface area contributed by atoms with E-state index in [1.807, 2.05) is 0 Å². The van der Waals surface area contributed by atoms with Gasteiger partial charge >= 0.3 is 16.5 Å². The largest absolute Gasteiger partial charge is 0.326 e. The monoisotopic (exact) mass is 278 g/mol. The molecule has 0 aromatic carbocycles. The van der Waals surface area contributed by atoms with E-state index in [1.165, 1.54) is 0 Å². The molecule has 0 atom stereocenters. The Morgan fingerprint density at radius 1 is 0.778 bits per heavy atom. The Morgan fingerprint density at radius 3 is 0.778 bits per heavy atom. The van der Waals surface area contributed by atoms with Gasteiger partial charge in [-0.1, -0.05) is 0 Å². The molecule has 0 aliphatic heterocycles. The zero-order valence-corrected chi connectivity index (χ0v) is 10.3. The van der Waals surface area contributed by atoms with Crippen LogP contribution in [0.4, 0.5) is 0 Å². The van der Waals surface area contributed by atoms with Crippen molar-refractivity contribution in [1.82, 2.24) is 0 Å². The maximum Gasteiger partial charge on any atom is 0.314 e. The molecule has 6 nitrogen and oxygen atoms in total. The van der Waals surface area contributed by atoms with Crippen molar-refractivity contribution in [3.8, 4) is 0 Å². The molecule has 0 saturated heterocycles. The first-order valence-corrected chi connectivity index (χ1v) is 3.91. The van der Waals surface area contributed by atoms with E-state index in [9.17, 15) is 0 Å². The van der Waals surface area contributed by atoms with Crippen LogP contribution in [0.25, 0.3) is 0 Å². The molecule has 0 aliphatic carbocycles. The van der Waals surface area contributed by atoms with Crippen molar-refractivity contribution in [2.24, 2.45) is 0 Å². The smallest absolute Gasteiger partial charge is 0.314 e. The van der Waals surface area contributed by atoms with Gasteiger partial charge in [-0.25, -0.2) is 0 Å². The van der Waals surface area contributed by atoms with Gasteiger partial charge in [-0.2, -0.15) is 0 Å². The van der Waals surface area contributed by atoms with Crippen LogP contribution < -0.4 is 0 Å². The van der Waals surface area contributed by atoms with Crippen LogP contribution in [0.5, 0.6) is 0 Å². The zero-order valence-electron chi connectivity index (χ0n) is 4.31. The molecule has 0 heterocycles. The van der Waals surface area contributed by atoms with Crippen molar-refractivity contribution in [3.63, 3.8) is 0 Å². The van der Waals surface area contributed by atoms with Gasteiger partial charge in [-0.3, -0.25) is 9.13 Å². The third kappa shape index (κ3) is 322. The maximum atomic E-state index is 8.74. The first-order valence-electron chi connectivity index (χ1n) is 1.30. The minimum absolute atomic E-state index is 0. The molecular formula is H6CdO6P2. The van der Waals surface area contributed by atoms with Crippen LogP contribution in [0.2, 0.25) is 0 Å². The third-order valence-corrected chi connectivity index (χ3v) is 0. The van der Waals surface area contributed by atoms with Crippen molar-refractivity contribution < 1.29 is 56.0 Å². The molecule has 54 valence electrons. The van der Waals surface area contributed by atoms with Gasteiger partial charge in [0.15, 0.2) is 0 Å². The van der Waals surface area contributed by atoms with Crippen LogP contribution >= 0.6 is 16.5 Å². The van der Waals surface area contributed by atoms with E-state index in [2.05, 4.69) is 0 Å². The summed E-state index contributed by atoms with van der Waals surface area (Å²) in [7, 11) is -6.26. The number of hydrogen-bond donors (Lipinski definition) is 4. The molecule has 0 radical (unpaired) electrons. The van der Waals surface area contributed by atoms with Crippen molar-refractivity contribution in [2.45, 2.75) is 0 Å². The van der Waals surface area contributed by atoms with Gasteiger partial charge < -0.3 is 19.6 Å². The molecule has 0 amide bonds. The quantitative estimate of drug-likeness (QED) is 0.323. The van der Waals surface area contributed by atoms with E-state index in [4.69, 9.17) is 28.7 Å². The minimum atomic E-state index is -3.13. The Bertz CT molecular complexity index is 69.1. The Hall–Kier alpha value is 1.22. The third-order valence-electron chi connectivity index (χ3n) is 0. The molecule has 9 heavy (non-hydrogen) atoms. The van der Waals surface area contributed by atoms with Gasteiger partial charge in [0.1, 0.15) is 0 Å². The summed E-state index contributed by atoms with van der Waals surface area (Å²) in [5, 5.41) is 0. The van der Waals surface area contributed by atoms with Crippen LogP contribution in [0.3, 0.4) is 0 Å². The van der Waals surface area contributed by atoms with Crippen molar-refractivity contribution >= 4 is 16.5 Å². The SMILES string of the molecule is O=[PH](O)O.O=[PH](O)O.[Cd]. The second-order valence-corrected chi connectivity index (χ2v) is 1.70. The first-order chi connectivity index (χ1) is 3.46. The Labute approximate surface area is 72.6 Å². The molecule has 0 unspecified atom stereocenters. The molecule has 0 aromatic rings. The molecular weight excluding hydrogens is 270 g/mol. The first kappa shape index (κ1) is 16.7. The molecule has 4 N–H and O–H groups in total. The second-order valence-electron chi connectivity index (χ2n) is 0.565. The van der Waals surface area contributed by atoms with Crippen LogP contribution in [0.15, 0.2) is 0 Å². The van der Waals surface area contributed by atoms with Crippen molar-refractivity contribution in [2.75, 3.05) is 0 Å². The van der Waals surface area contributed by atoms with Gasteiger partial charge in [0.25, 0.3) is 0 Å². The van der Waals surface area contributed by atoms with Crippen LogP contribution in [-0.2, 0) is 36.4 Å². The molecule has 9 heteroatoms. The van der Waals surface area contributed by atoms with Gasteiger partial charge in [-0.15, -0.1) is 0 Å². The normalized spacial score (nSPS) is 7.78. The number of rotatable bonds is 0. The van der Waals surface area contributed by atoms with Crippen molar-refractivity contribution in [1.29, 1.82) is 0 Å². The minimum Gasteiger partial charge on any atom is -0.326 e.